The maximum atomic E-state index is 13.3. The molecule has 1 N–H and O–H groups in total. The Morgan fingerprint density at radius 2 is 1.82 bits per heavy atom. The van der Waals surface area contributed by atoms with E-state index in [1.54, 1.807) is 31.2 Å². The molecule has 8 nitrogen and oxygen atoms in total. The molecule has 2 aromatic carbocycles. The predicted molar refractivity (Wildman–Crippen MR) is 134 cm³/mol. The molecule has 0 fully saturated rings. The molecule has 0 aromatic heterocycles. The van der Waals surface area contributed by atoms with E-state index in [2.05, 4.69) is 35.6 Å². The first-order chi connectivity index (χ1) is 16.1. The van der Waals surface area contributed by atoms with Crippen LogP contribution in [0.5, 0.6) is 5.75 Å². The maximum absolute atomic E-state index is 13.3. The second-order valence-electron chi connectivity index (χ2n) is 9.10. The van der Waals surface area contributed by atoms with E-state index in [4.69, 9.17) is 9.47 Å². The predicted octanol–water partition coefficient (Wildman–Crippen LogP) is 3.06. The third-order valence-electron chi connectivity index (χ3n) is 6.11. The molecule has 1 aliphatic rings. The van der Waals surface area contributed by atoms with Crippen LogP contribution in [0.15, 0.2) is 48.5 Å². The average molecular weight is 490 g/mol. The van der Waals surface area contributed by atoms with Gasteiger partial charge in [0.15, 0.2) is 0 Å². The molecule has 34 heavy (non-hydrogen) atoms. The Morgan fingerprint density at radius 3 is 2.47 bits per heavy atom. The number of methoxy groups -OCH3 is 1. The van der Waals surface area contributed by atoms with Crippen molar-refractivity contribution in [2.75, 3.05) is 44.8 Å². The number of sulfonamides is 1. The van der Waals surface area contributed by atoms with Crippen LogP contribution in [0.3, 0.4) is 0 Å². The number of nitrogens with one attached hydrogen (secondary N) is 1. The largest absolute Gasteiger partial charge is 0.491 e. The molecule has 9 heteroatoms. The highest BCUT2D eigenvalue weighted by molar-refractivity contribution is 7.92. The van der Waals surface area contributed by atoms with E-state index in [9.17, 15) is 13.2 Å². The molecule has 1 aliphatic heterocycles. The zero-order chi connectivity index (χ0) is 24.9. The lowest BCUT2D eigenvalue weighted by Gasteiger charge is -2.36. The van der Waals surface area contributed by atoms with Crippen LogP contribution >= 0.6 is 0 Å². The summed E-state index contributed by atoms with van der Waals surface area (Å²) in [5.74, 6) is 0.323. The molecule has 3 atom stereocenters. The number of likely N-dealkylation sites (N-methyl/N-ethyl adjacent to an activating group) is 1. The van der Waals surface area contributed by atoms with E-state index in [1.807, 2.05) is 18.2 Å². The lowest BCUT2D eigenvalue weighted by atomic mass is 10.0. The molecule has 0 bridgehead atoms. The molecule has 0 spiro atoms. The summed E-state index contributed by atoms with van der Waals surface area (Å²) in [6.07, 6.45) is 0.908. The third kappa shape index (κ3) is 6.94. The van der Waals surface area contributed by atoms with Gasteiger partial charge in [0.25, 0.3) is 5.91 Å². The van der Waals surface area contributed by atoms with Gasteiger partial charge < -0.3 is 14.4 Å². The minimum Gasteiger partial charge on any atom is -0.491 e. The number of carbonyl (C=O) groups is 1. The molecule has 0 saturated carbocycles. The van der Waals surface area contributed by atoms with Crippen LogP contribution < -0.4 is 9.46 Å². The van der Waals surface area contributed by atoms with E-state index in [-0.39, 0.29) is 24.0 Å². The zero-order valence-electron chi connectivity index (χ0n) is 20.5. The van der Waals surface area contributed by atoms with Crippen LogP contribution in [0, 0.1) is 5.92 Å². The normalized spacial score (nSPS) is 22.8. The molecule has 186 valence electrons. The highest BCUT2D eigenvalue weighted by atomic mass is 32.2. The number of benzene rings is 2. The van der Waals surface area contributed by atoms with Crippen molar-refractivity contribution in [3.05, 3.63) is 59.7 Å². The van der Waals surface area contributed by atoms with Crippen molar-refractivity contribution in [3.8, 4) is 5.75 Å². The summed E-state index contributed by atoms with van der Waals surface area (Å²) in [7, 11) is -0.0949. The first-order valence-corrected chi connectivity index (χ1v) is 13.3. The fraction of sp³-hybridized carbons (Fsp3) is 0.480. The molecular formula is C25H35N3O5S. The Balaban J connectivity index is 1.96. The van der Waals surface area contributed by atoms with Crippen molar-refractivity contribution in [2.24, 2.45) is 5.92 Å². The standard InChI is InChI=1S/C25H35N3O5S/c1-18-14-28(15-20-9-7-6-8-10-20)19(2)17-33-23-12-11-21(26-34(5,30)31)13-22(23)25(29)27(3)16-24(18)32-4/h6-13,18-19,24,26H,14-17H2,1-5H3/t18-,19-,24+/m0/s1. The van der Waals surface area contributed by atoms with Gasteiger partial charge in [-0.2, -0.15) is 0 Å². The minimum absolute atomic E-state index is 0.0640. The molecule has 0 aliphatic carbocycles. The summed E-state index contributed by atoms with van der Waals surface area (Å²) in [5, 5.41) is 0. The quantitative estimate of drug-likeness (QED) is 0.695. The van der Waals surface area contributed by atoms with E-state index >= 15 is 0 Å². The number of anilines is 1. The summed E-state index contributed by atoms with van der Waals surface area (Å²) in [6, 6.07) is 15.1. The Kier molecular flexibility index (Phi) is 8.57. The fourth-order valence-corrected chi connectivity index (χ4v) is 4.72. The number of hydrogen-bond acceptors (Lipinski definition) is 6. The summed E-state index contributed by atoms with van der Waals surface area (Å²) in [4.78, 5) is 17.3. The summed E-state index contributed by atoms with van der Waals surface area (Å²) < 4.78 is 37.8. The number of carbonyl (C=O) groups excluding carboxylic acids is 1. The number of fused-ring (bicyclic) bond motifs is 1. The van der Waals surface area contributed by atoms with Crippen LogP contribution in [0.25, 0.3) is 0 Å². The monoisotopic (exact) mass is 489 g/mol. The highest BCUT2D eigenvalue weighted by Crippen LogP contribution is 2.27. The molecule has 1 heterocycles. The lowest BCUT2D eigenvalue weighted by molar-refractivity contribution is 0.00922. The van der Waals surface area contributed by atoms with Gasteiger partial charge in [-0.15, -0.1) is 0 Å². The van der Waals surface area contributed by atoms with Crippen molar-refractivity contribution < 1.29 is 22.7 Å². The Hall–Kier alpha value is -2.62. The maximum Gasteiger partial charge on any atom is 0.257 e. The number of amides is 1. The summed E-state index contributed by atoms with van der Waals surface area (Å²) >= 11 is 0. The van der Waals surface area contributed by atoms with Crippen molar-refractivity contribution in [3.63, 3.8) is 0 Å². The SMILES string of the molecule is CO[C@@H]1CN(C)C(=O)c2cc(NS(C)(=O)=O)ccc2OC[C@H](C)N(Cc2ccccc2)C[C@@H]1C. The second-order valence-corrected chi connectivity index (χ2v) is 10.8. The van der Waals surface area contributed by atoms with Crippen LogP contribution in [0.1, 0.15) is 29.8 Å². The van der Waals surface area contributed by atoms with E-state index in [0.29, 0.717) is 30.2 Å². The average Bonchev–Trinajstić information content (AvgIpc) is 2.79. The van der Waals surface area contributed by atoms with Gasteiger partial charge in [0.05, 0.1) is 17.9 Å². The first-order valence-electron chi connectivity index (χ1n) is 11.4. The van der Waals surface area contributed by atoms with Gasteiger partial charge in [0.2, 0.25) is 10.0 Å². The lowest BCUT2D eigenvalue weighted by Crippen LogP contribution is -2.46. The van der Waals surface area contributed by atoms with Gasteiger partial charge in [0.1, 0.15) is 12.4 Å². The second kappa shape index (κ2) is 11.2. The van der Waals surface area contributed by atoms with Crippen molar-refractivity contribution >= 4 is 21.6 Å². The van der Waals surface area contributed by atoms with Crippen molar-refractivity contribution in [2.45, 2.75) is 32.5 Å². The Bertz CT molecular complexity index is 1080. The molecule has 3 rings (SSSR count). The molecular weight excluding hydrogens is 454 g/mol. The van der Waals surface area contributed by atoms with Gasteiger partial charge in [-0.1, -0.05) is 37.3 Å². The molecule has 2 aromatic rings. The van der Waals surface area contributed by atoms with Crippen LogP contribution in [-0.2, 0) is 21.3 Å². The summed E-state index contributed by atoms with van der Waals surface area (Å²) in [6.45, 7) is 6.56. The van der Waals surface area contributed by atoms with Crippen molar-refractivity contribution in [1.29, 1.82) is 0 Å². The Morgan fingerprint density at radius 1 is 1.12 bits per heavy atom. The van der Waals surface area contributed by atoms with E-state index < -0.39 is 10.0 Å². The third-order valence-corrected chi connectivity index (χ3v) is 6.71. The van der Waals surface area contributed by atoms with E-state index in [0.717, 1.165) is 19.3 Å². The number of ether oxygens (including phenoxy) is 2. The van der Waals surface area contributed by atoms with Gasteiger partial charge in [-0.3, -0.25) is 14.4 Å². The van der Waals surface area contributed by atoms with Crippen molar-refractivity contribution in [1.82, 2.24) is 9.80 Å². The number of hydrogen-bond donors (Lipinski definition) is 1. The van der Waals surface area contributed by atoms with Crippen LogP contribution in [0.4, 0.5) is 5.69 Å². The van der Waals surface area contributed by atoms with Crippen LogP contribution in [0.2, 0.25) is 0 Å². The molecule has 0 radical (unpaired) electrons. The van der Waals surface area contributed by atoms with Crippen LogP contribution in [-0.4, -0.2) is 76.4 Å². The fourth-order valence-electron chi connectivity index (χ4n) is 4.17. The van der Waals surface area contributed by atoms with Gasteiger partial charge in [-0.05, 0) is 36.6 Å². The minimum atomic E-state index is -3.48. The Labute approximate surface area is 202 Å². The van der Waals surface area contributed by atoms with E-state index in [1.165, 1.54) is 11.6 Å². The first kappa shape index (κ1) is 26.0. The smallest absolute Gasteiger partial charge is 0.257 e. The van der Waals surface area contributed by atoms with Gasteiger partial charge >= 0.3 is 0 Å². The highest BCUT2D eigenvalue weighted by Gasteiger charge is 2.28. The topological polar surface area (TPSA) is 88.2 Å². The van der Waals surface area contributed by atoms with Gasteiger partial charge in [-0.25, -0.2) is 8.42 Å². The number of nitrogens with zero attached hydrogens (tertiary/aromatic N) is 2. The van der Waals surface area contributed by atoms with Gasteiger partial charge in [0, 0.05) is 45.5 Å². The summed E-state index contributed by atoms with van der Waals surface area (Å²) in [5.41, 5.74) is 1.84. The zero-order valence-corrected chi connectivity index (χ0v) is 21.3. The molecule has 1 amide bonds. The number of rotatable bonds is 5. The molecule has 0 saturated heterocycles. The molecule has 0 unspecified atom stereocenters.